The predicted octanol–water partition coefficient (Wildman–Crippen LogP) is 1.81. The molecule has 7 nitrogen and oxygen atoms in total. The lowest BCUT2D eigenvalue weighted by atomic mass is 10.1. The number of hydrogen-bond donors (Lipinski definition) is 2. The van der Waals surface area contributed by atoms with Crippen molar-refractivity contribution < 1.29 is 9.59 Å². The first kappa shape index (κ1) is 18.0. The Labute approximate surface area is 163 Å². The van der Waals surface area contributed by atoms with Crippen molar-refractivity contribution in [2.45, 2.75) is 6.42 Å². The van der Waals surface area contributed by atoms with E-state index in [9.17, 15) is 9.59 Å². The number of H-pyrrole nitrogens is 1. The van der Waals surface area contributed by atoms with E-state index < -0.39 is 0 Å². The van der Waals surface area contributed by atoms with Gasteiger partial charge in [-0.1, -0.05) is 18.2 Å². The van der Waals surface area contributed by atoms with Gasteiger partial charge in [0.1, 0.15) is 5.69 Å². The first-order valence-electron chi connectivity index (χ1n) is 9.48. The van der Waals surface area contributed by atoms with Crippen molar-refractivity contribution >= 4 is 28.9 Å². The van der Waals surface area contributed by atoms with Crippen LogP contribution in [0.25, 0.3) is 10.9 Å². The number of benzene rings is 1. The summed E-state index contributed by atoms with van der Waals surface area (Å²) in [5.41, 5.74) is 3.66. The van der Waals surface area contributed by atoms with Crippen LogP contribution < -0.4 is 10.2 Å². The number of rotatable bonds is 6. The maximum atomic E-state index is 12.5. The first-order chi connectivity index (χ1) is 13.7. The average molecular weight is 377 g/mol. The number of carbonyl (C=O) groups is 2. The molecule has 0 saturated carbocycles. The molecule has 2 aromatic heterocycles. The smallest absolute Gasteiger partial charge is 0.269 e. The van der Waals surface area contributed by atoms with E-state index >= 15 is 0 Å². The topological polar surface area (TPSA) is 81.3 Å². The van der Waals surface area contributed by atoms with E-state index in [-0.39, 0.29) is 5.91 Å². The number of fused-ring (bicyclic) bond motifs is 1. The molecule has 1 saturated heterocycles. The van der Waals surface area contributed by atoms with Gasteiger partial charge in [0.2, 0.25) is 6.41 Å². The lowest BCUT2D eigenvalue weighted by molar-refractivity contribution is -0.118. The minimum atomic E-state index is -0.173. The Balaban J connectivity index is 1.35. The minimum absolute atomic E-state index is 0.173. The number of nitrogens with zero attached hydrogens (tertiary/aromatic N) is 3. The summed E-state index contributed by atoms with van der Waals surface area (Å²) in [6.45, 7) is 3.44. The predicted molar refractivity (Wildman–Crippen MR) is 108 cm³/mol. The van der Waals surface area contributed by atoms with Gasteiger partial charge in [0.05, 0.1) is 0 Å². The van der Waals surface area contributed by atoms with Crippen LogP contribution in [-0.2, 0) is 11.2 Å². The molecule has 2 amide bonds. The molecule has 2 N–H and O–H groups in total. The van der Waals surface area contributed by atoms with E-state index in [0.717, 1.165) is 37.1 Å². The number of para-hydroxylation sites is 1. The number of pyridine rings is 1. The highest BCUT2D eigenvalue weighted by atomic mass is 16.2. The molecule has 1 aromatic carbocycles. The third-order valence-electron chi connectivity index (χ3n) is 5.16. The van der Waals surface area contributed by atoms with E-state index in [1.54, 1.807) is 11.1 Å². The summed E-state index contributed by atoms with van der Waals surface area (Å²) in [6, 6.07) is 11.9. The highest BCUT2D eigenvalue weighted by molar-refractivity contribution is 5.93. The van der Waals surface area contributed by atoms with Gasteiger partial charge < -0.3 is 20.1 Å². The number of aromatic amines is 1. The molecule has 1 aliphatic rings. The number of amides is 2. The molecular formula is C21H23N5O2. The summed E-state index contributed by atoms with van der Waals surface area (Å²) in [4.78, 5) is 34.8. The van der Waals surface area contributed by atoms with Crippen molar-refractivity contribution in [1.29, 1.82) is 0 Å². The summed E-state index contributed by atoms with van der Waals surface area (Å²) in [5.74, 6) is -0.173. The molecule has 0 radical (unpaired) electrons. The number of hydrogen-bond acceptors (Lipinski definition) is 4. The maximum absolute atomic E-state index is 12.5. The van der Waals surface area contributed by atoms with Gasteiger partial charge in [-0.3, -0.25) is 14.6 Å². The Hall–Kier alpha value is -3.35. The Kier molecular flexibility index (Phi) is 5.23. The molecule has 3 aromatic rings. The fourth-order valence-corrected chi connectivity index (χ4v) is 3.57. The van der Waals surface area contributed by atoms with Crippen LogP contribution in [-0.4, -0.2) is 59.9 Å². The lowest BCUT2D eigenvalue weighted by Gasteiger charge is -2.34. The molecule has 7 heteroatoms. The van der Waals surface area contributed by atoms with Gasteiger partial charge in [-0.05, 0) is 30.2 Å². The fourth-order valence-electron chi connectivity index (χ4n) is 3.57. The van der Waals surface area contributed by atoms with Gasteiger partial charge in [0, 0.05) is 61.7 Å². The van der Waals surface area contributed by atoms with Crippen LogP contribution in [0.1, 0.15) is 16.1 Å². The third kappa shape index (κ3) is 3.83. The van der Waals surface area contributed by atoms with Crippen molar-refractivity contribution in [2.75, 3.05) is 37.6 Å². The zero-order valence-corrected chi connectivity index (χ0v) is 15.6. The standard InChI is InChI=1S/C21H23N5O2/c27-15-25-9-11-26(12-10-25)17-6-8-22-20(13-17)21(28)23-7-5-16-14-24-19-4-2-1-3-18(16)19/h1-4,6,8,13-15,24H,5,7,9-12H2,(H,23,28). The Morgan fingerprint density at radius 3 is 2.82 bits per heavy atom. The molecule has 144 valence electrons. The summed E-state index contributed by atoms with van der Waals surface area (Å²) < 4.78 is 0. The van der Waals surface area contributed by atoms with Crippen LogP contribution in [0.5, 0.6) is 0 Å². The van der Waals surface area contributed by atoms with E-state index in [4.69, 9.17) is 0 Å². The van der Waals surface area contributed by atoms with Gasteiger partial charge in [-0.2, -0.15) is 0 Å². The van der Waals surface area contributed by atoms with E-state index in [1.807, 2.05) is 36.5 Å². The van der Waals surface area contributed by atoms with Crippen molar-refractivity contribution in [3.8, 4) is 0 Å². The normalized spacial score (nSPS) is 14.3. The molecule has 0 bridgehead atoms. The summed E-state index contributed by atoms with van der Waals surface area (Å²) in [5, 5.41) is 4.15. The minimum Gasteiger partial charge on any atom is -0.368 e. The molecule has 4 rings (SSSR count). The molecule has 28 heavy (non-hydrogen) atoms. The quantitative estimate of drug-likeness (QED) is 0.642. The number of carbonyl (C=O) groups excluding carboxylic acids is 2. The van der Waals surface area contributed by atoms with E-state index in [0.29, 0.717) is 25.3 Å². The van der Waals surface area contributed by atoms with Crippen molar-refractivity contribution in [3.05, 3.63) is 60.0 Å². The Bertz CT molecular complexity index is 976. The van der Waals surface area contributed by atoms with Gasteiger partial charge >= 0.3 is 0 Å². The summed E-state index contributed by atoms with van der Waals surface area (Å²) in [7, 11) is 0. The van der Waals surface area contributed by atoms with Crippen molar-refractivity contribution in [3.63, 3.8) is 0 Å². The van der Waals surface area contributed by atoms with Crippen LogP contribution in [0, 0.1) is 0 Å². The largest absolute Gasteiger partial charge is 0.368 e. The second-order valence-corrected chi connectivity index (χ2v) is 6.89. The lowest BCUT2D eigenvalue weighted by Crippen LogP contribution is -2.45. The van der Waals surface area contributed by atoms with Gasteiger partial charge in [0.25, 0.3) is 5.91 Å². The Morgan fingerprint density at radius 1 is 1.18 bits per heavy atom. The molecule has 0 atom stereocenters. The summed E-state index contributed by atoms with van der Waals surface area (Å²) >= 11 is 0. The van der Waals surface area contributed by atoms with Crippen LogP contribution >= 0.6 is 0 Å². The molecule has 0 unspecified atom stereocenters. The molecule has 1 aliphatic heterocycles. The first-order valence-corrected chi connectivity index (χ1v) is 9.48. The molecule has 1 fully saturated rings. The maximum Gasteiger partial charge on any atom is 0.269 e. The Morgan fingerprint density at radius 2 is 2.00 bits per heavy atom. The van der Waals surface area contributed by atoms with Gasteiger partial charge in [0.15, 0.2) is 0 Å². The van der Waals surface area contributed by atoms with Crippen LogP contribution in [0.4, 0.5) is 5.69 Å². The van der Waals surface area contributed by atoms with E-state index in [2.05, 4.69) is 26.3 Å². The SMILES string of the molecule is O=CN1CCN(c2ccnc(C(=O)NCCc3c[nH]c4ccccc34)c2)CC1. The number of aromatic nitrogens is 2. The highest BCUT2D eigenvalue weighted by Crippen LogP contribution is 2.18. The van der Waals surface area contributed by atoms with Crippen LogP contribution in [0.3, 0.4) is 0 Å². The number of anilines is 1. The molecular weight excluding hydrogens is 354 g/mol. The second-order valence-electron chi connectivity index (χ2n) is 6.89. The second kappa shape index (κ2) is 8.12. The zero-order chi connectivity index (χ0) is 19.3. The molecule has 0 aliphatic carbocycles. The highest BCUT2D eigenvalue weighted by Gasteiger charge is 2.17. The summed E-state index contributed by atoms with van der Waals surface area (Å²) in [6.07, 6.45) is 5.30. The fraction of sp³-hybridized carbons (Fsp3) is 0.286. The number of piperazine rings is 1. The monoisotopic (exact) mass is 377 g/mol. The van der Waals surface area contributed by atoms with Crippen LogP contribution in [0.15, 0.2) is 48.8 Å². The average Bonchev–Trinajstić information content (AvgIpc) is 3.17. The van der Waals surface area contributed by atoms with Gasteiger partial charge in [-0.15, -0.1) is 0 Å². The van der Waals surface area contributed by atoms with Crippen LogP contribution in [0.2, 0.25) is 0 Å². The van der Waals surface area contributed by atoms with Crippen molar-refractivity contribution in [2.24, 2.45) is 0 Å². The zero-order valence-electron chi connectivity index (χ0n) is 15.6. The molecule has 0 spiro atoms. The van der Waals surface area contributed by atoms with Crippen molar-refractivity contribution in [1.82, 2.24) is 20.2 Å². The van der Waals surface area contributed by atoms with E-state index in [1.165, 1.54) is 10.9 Å². The third-order valence-corrected chi connectivity index (χ3v) is 5.16. The number of nitrogens with one attached hydrogen (secondary N) is 2. The van der Waals surface area contributed by atoms with Gasteiger partial charge in [-0.25, -0.2) is 0 Å². The molecule has 3 heterocycles.